The van der Waals surface area contributed by atoms with Gasteiger partial charge in [0.2, 0.25) is 0 Å². The highest BCUT2D eigenvalue weighted by atomic mass is 16.5. The smallest absolute Gasteiger partial charge is 0.127 e. The summed E-state index contributed by atoms with van der Waals surface area (Å²) in [7, 11) is 3.91. The van der Waals surface area contributed by atoms with E-state index in [1.165, 1.54) is 30.4 Å². The summed E-state index contributed by atoms with van der Waals surface area (Å²) in [6, 6.07) is 6.78. The second kappa shape index (κ2) is 6.37. The van der Waals surface area contributed by atoms with Gasteiger partial charge in [0.1, 0.15) is 5.75 Å². The average Bonchev–Trinajstić information content (AvgIpc) is 2.56. The van der Waals surface area contributed by atoms with Gasteiger partial charge in [-0.1, -0.05) is 37.5 Å². The molecule has 2 aliphatic rings. The molecule has 116 valence electrons. The van der Waals surface area contributed by atoms with Crippen molar-refractivity contribution in [1.82, 2.24) is 5.32 Å². The fraction of sp³-hybridized carbons (Fsp3) is 0.667. The number of para-hydroxylation sites is 1. The number of nitrogens with one attached hydrogen (secondary N) is 1. The molecule has 1 saturated carbocycles. The summed E-state index contributed by atoms with van der Waals surface area (Å²) in [6.07, 6.45) is 8.32. The fourth-order valence-electron chi connectivity index (χ4n) is 4.10. The van der Waals surface area contributed by atoms with E-state index in [-0.39, 0.29) is 11.6 Å². The van der Waals surface area contributed by atoms with Crippen LogP contribution in [0.1, 0.15) is 55.7 Å². The number of fused-ring (bicyclic) bond motifs is 1. The van der Waals surface area contributed by atoms with Crippen LogP contribution in [-0.4, -0.2) is 26.4 Å². The van der Waals surface area contributed by atoms with Crippen molar-refractivity contribution in [2.75, 3.05) is 20.8 Å². The Morgan fingerprint density at radius 1 is 1.19 bits per heavy atom. The molecule has 1 N–H and O–H groups in total. The second-order valence-electron chi connectivity index (χ2n) is 6.34. The van der Waals surface area contributed by atoms with Crippen molar-refractivity contribution in [2.24, 2.45) is 0 Å². The highest BCUT2D eigenvalue weighted by Gasteiger charge is 2.41. The lowest BCUT2D eigenvalue weighted by Gasteiger charge is -2.43. The zero-order valence-corrected chi connectivity index (χ0v) is 13.3. The summed E-state index contributed by atoms with van der Waals surface area (Å²) in [5.74, 6) is 1.10. The van der Waals surface area contributed by atoms with Crippen molar-refractivity contribution >= 4 is 0 Å². The van der Waals surface area contributed by atoms with E-state index in [0.717, 1.165) is 38.0 Å². The van der Waals surface area contributed by atoms with Gasteiger partial charge in [0.15, 0.2) is 0 Å². The minimum absolute atomic E-state index is 0.0943. The molecule has 3 rings (SSSR count). The Labute approximate surface area is 128 Å². The SMILES string of the molecule is CNC(c1cccc2c1OCCC2)C1(OC)CCCCC1. The van der Waals surface area contributed by atoms with Gasteiger partial charge in [-0.05, 0) is 38.3 Å². The largest absolute Gasteiger partial charge is 0.493 e. The molecule has 1 aromatic rings. The molecule has 1 fully saturated rings. The molecule has 1 aliphatic heterocycles. The second-order valence-corrected chi connectivity index (χ2v) is 6.34. The third-order valence-electron chi connectivity index (χ3n) is 5.20. The van der Waals surface area contributed by atoms with E-state index in [2.05, 4.69) is 23.5 Å². The van der Waals surface area contributed by atoms with Crippen LogP contribution in [-0.2, 0) is 11.2 Å². The van der Waals surface area contributed by atoms with Gasteiger partial charge in [-0.25, -0.2) is 0 Å². The average molecular weight is 289 g/mol. The molecule has 3 heteroatoms. The quantitative estimate of drug-likeness (QED) is 0.918. The lowest BCUT2D eigenvalue weighted by Crippen LogP contribution is -2.46. The van der Waals surface area contributed by atoms with E-state index in [4.69, 9.17) is 9.47 Å². The Hall–Kier alpha value is -1.06. The monoisotopic (exact) mass is 289 g/mol. The maximum atomic E-state index is 6.06. The number of likely N-dealkylation sites (N-methyl/N-ethyl adjacent to an activating group) is 1. The standard InChI is InChI=1S/C18H27NO2/c1-19-17(18(20-2)11-4-3-5-12-18)15-10-6-8-14-9-7-13-21-16(14)15/h6,8,10,17,19H,3-5,7,9,11-13H2,1-2H3. The van der Waals surface area contributed by atoms with Gasteiger partial charge in [-0.15, -0.1) is 0 Å². The molecule has 1 heterocycles. The zero-order chi connectivity index (χ0) is 14.7. The van der Waals surface area contributed by atoms with Crippen LogP contribution < -0.4 is 10.1 Å². The van der Waals surface area contributed by atoms with Gasteiger partial charge >= 0.3 is 0 Å². The Bertz CT molecular complexity index is 480. The normalized spacial score (nSPS) is 22.2. The molecule has 0 radical (unpaired) electrons. The molecule has 1 atom stereocenters. The Balaban J connectivity index is 1.99. The van der Waals surface area contributed by atoms with Gasteiger partial charge in [0.25, 0.3) is 0 Å². The summed E-state index contributed by atoms with van der Waals surface area (Å²) in [4.78, 5) is 0. The maximum Gasteiger partial charge on any atom is 0.127 e. The van der Waals surface area contributed by atoms with Crippen LogP contribution in [0, 0.1) is 0 Å². The van der Waals surface area contributed by atoms with Crippen molar-refractivity contribution < 1.29 is 9.47 Å². The molecular formula is C18H27NO2. The molecule has 1 aliphatic carbocycles. The molecular weight excluding hydrogens is 262 g/mol. The predicted octanol–water partition coefficient (Wildman–Crippen LogP) is 3.62. The van der Waals surface area contributed by atoms with Crippen LogP contribution in [0.15, 0.2) is 18.2 Å². The van der Waals surface area contributed by atoms with Gasteiger partial charge in [0, 0.05) is 12.7 Å². The Morgan fingerprint density at radius 2 is 2.00 bits per heavy atom. The zero-order valence-electron chi connectivity index (χ0n) is 13.3. The number of benzene rings is 1. The number of rotatable bonds is 4. The molecule has 1 unspecified atom stereocenters. The number of hydrogen-bond donors (Lipinski definition) is 1. The minimum Gasteiger partial charge on any atom is -0.493 e. The molecule has 1 aromatic carbocycles. The van der Waals surface area contributed by atoms with Gasteiger partial charge < -0.3 is 14.8 Å². The van der Waals surface area contributed by atoms with Crippen molar-refractivity contribution in [3.63, 3.8) is 0 Å². The van der Waals surface area contributed by atoms with Crippen molar-refractivity contribution in [1.29, 1.82) is 0 Å². The molecule has 3 nitrogen and oxygen atoms in total. The summed E-state index contributed by atoms with van der Waals surface area (Å²) >= 11 is 0. The third kappa shape index (κ3) is 2.69. The van der Waals surface area contributed by atoms with Crippen LogP contribution in [0.25, 0.3) is 0 Å². The number of hydrogen-bond acceptors (Lipinski definition) is 3. The first-order chi connectivity index (χ1) is 10.3. The summed E-state index contributed by atoms with van der Waals surface area (Å²) in [6.45, 7) is 0.834. The van der Waals surface area contributed by atoms with E-state index in [9.17, 15) is 0 Å². The van der Waals surface area contributed by atoms with Crippen molar-refractivity contribution in [3.8, 4) is 5.75 Å². The third-order valence-corrected chi connectivity index (χ3v) is 5.20. The van der Waals surface area contributed by atoms with Crippen LogP contribution in [0.3, 0.4) is 0 Å². The topological polar surface area (TPSA) is 30.5 Å². The minimum atomic E-state index is -0.0943. The lowest BCUT2D eigenvalue weighted by molar-refractivity contribution is -0.0677. The highest BCUT2D eigenvalue weighted by Crippen LogP contribution is 2.44. The van der Waals surface area contributed by atoms with E-state index < -0.39 is 0 Å². The number of methoxy groups -OCH3 is 1. The number of aryl methyl sites for hydroxylation is 1. The maximum absolute atomic E-state index is 6.06. The Kier molecular flexibility index (Phi) is 4.51. The molecule has 0 spiro atoms. The summed E-state index contributed by atoms with van der Waals surface area (Å²) in [5, 5.41) is 3.52. The van der Waals surface area contributed by atoms with E-state index >= 15 is 0 Å². The molecule has 0 amide bonds. The van der Waals surface area contributed by atoms with Crippen molar-refractivity contribution in [2.45, 2.75) is 56.6 Å². The van der Waals surface area contributed by atoms with Gasteiger partial charge in [0.05, 0.1) is 18.2 Å². The first-order valence-electron chi connectivity index (χ1n) is 8.28. The van der Waals surface area contributed by atoms with E-state index in [0.29, 0.717) is 0 Å². The van der Waals surface area contributed by atoms with Crippen LogP contribution in [0.2, 0.25) is 0 Å². The van der Waals surface area contributed by atoms with E-state index in [1.807, 2.05) is 14.2 Å². The molecule has 21 heavy (non-hydrogen) atoms. The Morgan fingerprint density at radius 3 is 2.71 bits per heavy atom. The lowest BCUT2D eigenvalue weighted by atomic mass is 9.76. The van der Waals surface area contributed by atoms with Crippen molar-refractivity contribution in [3.05, 3.63) is 29.3 Å². The van der Waals surface area contributed by atoms with Gasteiger partial charge in [-0.2, -0.15) is 0 Å². The predicted molar refractivity (Wildman–Crippen MR) is 84.9 cm³/mol. The fourth-order valence-corrected chi connectivity index (χ4v) is 4.10. The first kappa shape index (κ1) is 14.9. The van der Waals surface area contributed by atoms with Crippen LogP contribution in [0.4, 0.5) is 0 Å². The highest BCUT2D eigenvalue weighted by molar-refractivity contribution is 5.45. The molecule has 0 aromatic heterocycles. The molecule has 0 bridgehead atoms. The van der Waals surface area contributed by atoms with Crippen LogP contribution in [0.5, 0.6) is 5.75 Å². The van der Waals surface area contributed by atoms with E-state index in [1.54, 1.807) is 0 Å². The van der Waals surface area contributed by atoms with Crippen LogP contribution >= 0.6 is 0 Å². The summed E-state index contributed by atoms with van der Waals surface area (Å²) < 4.78 is 12.1. The summed E-state index contributed by atoms with van der Waals surface area (Å²) in [5.41, 5.74) is 2.53. The first-order valence-corrected chi connectivity index (χ1v) is 8.28. The number of ether oxygens (including phenoxy) is 2. The van der Waals surface area contributed by atoms with Gasteiger partial charge in [-0.3, -0.25) is 0 Å². The molecule has 0 saturated heterocycles.